The van der Waals surface area contributed by atoms with Crippen molar-refractivity contribution in [1.29, 1.82) is 0 Å². The molecule has 0 unspecified atom stereocenters. The van der Waals surface area contributed by atoms with E-state index in [4.69, 9.17) is 4.74 Å². The van der Waals surface area contributed by atoms with E-state index < -0.39 is 11.7 Å². The molecule has 5 nitrogen and oxygen atoms in total. The maximum absolute atomic E-state index is 12.6. The SMILES string of the molecule is CCNC(=NCc1ccc(C(F)(F)F)cc1)NCCCCN1CCOCC1.I. The number of ether oxygens (including phenoxy) is 1. The number of halogens is 4. The molecule has 9 heteroatoms. The van der Waals surface area contributed by atoms with Crippen LogP contribution in [0.15, 0.2) is 29.3 Å². The molecule has 0 amide bonds. The van der Waals surface area contributed by atoms with Crippen LogP contribution in [0.2, 0.25) is 0 Å². The van der Waals surface area contributed by atoms with Crippen LogP contribution in [0.1, 0.15) is 30.9 Å². The summed E-state index contributed by atoms with van der Waals surface area (Å²) in [6, 6.07) is 5.13. The summed E-state index contributed by atoms with van der Waals surface area (Å²) in [7, 11) is 0. The highest BCUT2D eigenvalue weighted by Gasteiger charge is 2.29. The number of aliphatic imine (C=N–C) groups is 1. The van der Waals surface area contributed by atoms with Crippen molar-refractivity contribution in [2.24, 2.45) is 4.99 Å². The lowest BCUT2D eigenvalue weighted by molar-refractivity contribution is -0.137. The number of morpholine rings is 1. The van der Waals surface area contributed by atoms with Crippen LogP contribution in [-0.4, -0.2) is 56.8 Å². The lowest BCUT2D eigenvalue weighted by Gasteiger charge is -2.26. The monoisotopic (exact) mass is 514 g/mol. The molecule has 1 fully saturated rings. The second-order valence-corrected chi connectivity index (χ2v) is 6.48. The normalized spacial score (nSPS) is 15.8. The van der Waals surface area contributed by atoms with Crippen LogP contribution in [0, 0.1) is 0 Å². The Morgan fingerprint density at radius 2 is 1.79 bits per heavy atom. The van der Waals surface area contributed by atoms with E-state index in [1.165, 1.54) is 12.1 Å². The molecule has 0 radical (unpaired) electrons. The van der Waals surface area contributed by atoms with Gasteiger partial charge in [0.15, 0.2) is 5.96 Å². The van der Waals surface area contributed by atoms with E-state index in [0.717, 1.165) is 76.5 Å². The first kappa shape index (κ1) is 25.0. The molecule has 0 saturated carbocycles. The average Bonchev–Trinajstić information content (AvgIpc) is 2.66. The lowest BCUT2D eigenvalue weighted by atomic mass is 10.1. The van der Waals surface area contributed by atoms with E-state index in [2.05, 4.69) is 20.5 Å². The van der Waals surface area contributed by atoms with Crippen molar-refractivity contribution in [3.05, 3.63) is 35.4 Å². The van der Waals surface area contributed by atoms with Crippen LogP contribution >= 0.6 is 24.0 Å². The molecule has 1 aliphatic heterocycles. The van der Waals surface area contributed by atoms with Crippen LogP contribution in [0.4, 0.5) is 13.2 Å². The molecule has 2 N–H and O–H groups in total. The maximum atomic E-state index is 12.6. The zero-order valence-electron chi connectivity index (χ0n) is 16.2. The van der Waals surface area contributed by atoms with Gasteiger partial charge in [-0.1, -0.05) is 12.1 Å². The number of nitrogens with zero attached hydrogens (tertiary/aromatic N) is 2. The summed E-state index contributed by atoms with van der Waals surface area (Å²) in [5, 5.41) is 6.44. The largest absolute Gasteiger partial charge is 0.416 e. The second kappa shape index (κ2) is 13.2. The quantitative estimate of drug-likeness (QED) is 0.242. The Morgan fingerprint density at radius 3 is 2.39 bits per heavy atom. The molecule has 1 saturated heterocycles. The fraction of sp³-hybridized carbons (Fsp3) is 0.632. The van der Waals surface area contributed by atoms with Gasteiger partial charge in [-0.15, -0.1) is 24.0 Å². The molecular formula is C19H30F3IN4O. The molecule has 160 valence electrons. The van der Waals surface area contributed by atoms with Crippen LogP contribution in [0.5, 0.6) is 0 Å². The molecule has 0 aromatic heterocycles. The zero-order chi connectivity index (χ0) is 19.5. The van der Waals surface area contributed by atoms with Crippen LogP contribution in [-0.2, 0) is 17.5 Å². The van der Waals surface area contributed by atoms with Gasteiger partial charge in [0, 0.05) is 26.2 Å². The van der Waals surface area contributed by atoms with Gasteiger partial charge in [-0.2, -0.15) is 13.2 Å². The molecule has 1 aromatic carbocycles. The number of hydrogen-bond donors (Lipinski definition) is 2. The van der Waals surface area contributed by atoms with Gasteiger partial charge in [0.05, 0.1) is 25.3 Å². The van der Waals surface area contributed by atoms with Crippen LogP contribution < -0.4 is 10.6 Å². The van der Waals surface area contributed by atoms with Crippen molar-refractivity contribution in [2.45, 2.75) is 32.5 Å². The number of benzene rings is 1. The van der Waals surface area contributed by atoms with Gasteiger partial charge in [0.2, 0.25) is 0 Å². The van der Waals surface area contributed by atoms with Crippen molar-refractivity contribution < 1.29 is 17.9 Å². The van der Waals surface area contributed by atoms with E-state index in [-0.39, 0.29) is 24.0 Å². The zero-order valence-corrected chi connectivity index (χ0v) is 18.6. The summed E-state index contributed by atoms with van der Waals surface area (Å²) in [5.74, 6) is 0.684. The average molecular weight is 514 g/mol. The highest BCUT2D eigenvalue weighted by atomic mass is 127. The number of rotatable bonds is 8. The third-order valence-electron chi connectivity index (χ3n) is 4.34. The van der Waals surface area contributed by atoms with Gasteiger partial charge in [-0.3, -0.25) is 4.90 Å². The number of unbranched alkanes of at least 4 members (excludes halogenated alkanes) is 1. The summed E-state index contributed by atoms with van der Waals surface area (Å²) >= 11 is 0. The fourth-order valence-electron chi connectivity index (χ4n) is 2.80. The molecule has 0 spiro atoms. The van der Waals surface area contributed by atoms with Gasteiger partial charge >= 0.3 is 6.18 Å². The molecule has 0 aliphatic carbocycles. The molecular weight excluding hydrogens is 484 g/mol. The molecule has 0 atom stereocenters. The van der Waals surface area contributed by atoms with Gasteiger partial charge in [0.25, 0.3) is 0 Å². The Morgan fingerprint density at radius 1 is 1.11 bits per heavy atom. The summed E-state index contributed by atoms with van der Waals surface area (Å²) < 4.78 is 43.1. The number of alkyl halides is 3. The number of hydrogen-bond acceptors (Lipinski definition) is 3. The maximum Gasteiger partial charge on any atom is 0.416 e. The summed E-state index contributed by atoms with van der Waals surface area (Å²) in [5.41, 5.74) is 0.105. The summed E-state index contributed by atoms with van der Waals surface area (Å²) in [4.78, 5) is 6.86. The highest BCUT2D eigenvalue weighted by molar-refractivity contribution is 14.0. The Hall–Kier alpha value is -1.07. The highest BCUT2D eigenvalue weighted by Crippen LogP contribution is 2.29. The van der Waals surface area contributed by atoms with Crippen LogP contribution in [0.25, 0.3) is 0 Å². The van der Waals surface area contributed by atoms with Gasteiger partial charge < -0.3 is 15.4 Å². The van der Waals surface area contributed by atoms with Crippen molar-refractivity contribution >= 4 is 29.9 Å². The third kappa shape index (κ3) is 9.42. The minimum atomic E-state index is -4.31. The van der Waals surface area contributed by atoms with E-state index in [1.807, 2.05) is 6.92 Å². The second-order valence-electron chi connectivity index (χ2n) is 6.48. The molecule has 1 aromatic rings. The Balaban J connectivity index is 0.00000392. The first-order valence-electron chi connectivity index (χ1n) is 9.47. The predicted octanol–water partition coefficient (Wildman–Crippen LogP) is 3.49. The van der Waals surface area contributed by atoms with Crippen molar-refractivity contribution in [2.75, 3.05) is 45.9 Å². The first-order valence-corrected chi connectivity index (χ1v) is 9.47. The lowest BCUT2D eigenvalue weighted by Crippen LogP contribution is -2.39. The summed E-state index contributed by atoms with van der Waals surface area (Å²) in [6.45, 7) is 8.57. The first-order chi connectivity index (χ1) is 13.0. The number of guanidine groups is 1. The van der Waals surface area contributed by atoms with E-state index in [0.29, 0.717) is 12.5 Å². The Kier molecular flexibility index (Phi) is 11.8. The molecule has 1 aliphatic rings. The van der Waals surface area contributed by atoms with Gasteiger partial charge in [-0.05, 0) is 44.0 Å². The van der Waals surface area contributed by atoms with E-state index in [1.54, 1.807) is 0 Å². The smallest absolute Gasteiger partial charge is 0.379 e. The fourth-order valence-corrected chi connectivity index (χ4v) is 2.80. The van der Waals surface area contributed by atoms with Gasteiger partial charge in [-0.25, -0.2) is 4.99 Å². The Labute approximate surface area is 182 Å². The molecule has 0 bridgehead atoms. The number of nitrogens with one attached hydrogen (secondary N) is 2. The minimum absolute atomic E-state index is 0. The standard InChI is InChI=1S/C19H29F3N4O.HI/c1-2-23-18(24-9-3-4-10-26-11-13-27-14-12-26)25-15-16-5-7-17(8-6-16)19(20,21)22;/h5-8H,2-4,9-15H2,1H3,(H2,23,24,25);1H. The Bertz CT molecular complexity index is 576. The van der Waals surface area contributed by atoms with Crippen molar-refractivity contribution in [3.63, 3.8) is 0 Å². The molecule has 28 heavy (non-hydrogen) atoms. The third-order valence-corrected chi connectivity index (χ3v) is 4.34. The molecule has 2 rings (SSSR count). The van der Waals surface area contributed by atoms with Crippen molar-refractivity contribution in [3.8, 4) is 0 Å². The molecule has 1 heterocycles. The van der Waals surface area contributed by atoms with Crippen molar-refractivity contribution in [1.82, 2.24) is 15.5 Å². The van der Waals surface area contributed by atoms with Gasteiger partial charge in [0.1, 0.15) is 0 Å². The minimum Gasteiger partial charge on any atom is -0.379 e. The van der Waals surface area contributed by atoms with Crippen LogP contribution in [0.3, 0.4) is 0 Å². The van der Waals surface area contributed by atoms with E-state index in [9.17, 15) is 13.2 Å². The topological polar surface area (TPSA) is 48.9 Å². The van der Waals surface area contributed by atoms with E-state index >= 15 is 0 Å². The summed E-state index contributed by atoms with van der Waals surface area (Å²) in [6.07, 6.45) is -2.17. The predicted molar refractivity (Wildman–Crippen MR) is 116 cm³/mol.